The van der Waals surface area contributed by atoms with Crippen LogP contribution in [0.4, 0.5) is 5.69 Å². The van der Waals surface area contributed by atoms with Gasteiger partial charge in [0.15, 0.2) is 6.61 Å². The normalized spacial score (nSPS) is 12.7. The van der Waals surface area contributed by atoms with Crippen LogP contribution in [0, 0.1) is 0 Å². The number of esters is 1. The zero-order valence-electron chi connectivity index (χ0n) is 13.5. The molecule has 8 heteroatoms. The number of carbonyl (C=O) groups is 2. The Labute approximate surface area is 152 Å². The Bertz CT molecular complexity index is 972. The summed E-state index contributed by atoms with van der Waals surface area (Å²) in [6.45, 7) is -0.00251. The molecule has 0 spiro atoms. The van der Waals surface area contributed by atoms with Crippen molar-refractivity contribution in [1.82, 2.24) is 9.97 Å². The van der Waals surface area contributed by atoms with Crippen molar-refractivity contribution in [2.45, 2.75) is 6.61 Å². The minimum Gasteiger partial charge on any atom is -0.482 e. The monoisotopic (exact) mass is 367 g/mol. The average molecular weight is 367 g/mol. The first-order valence-electron chi connectivity index (χ1n) is 7.79. The van der Waals surface area contributed by atoms with Gasteiger partial charge in [0, 0.05) is 11.6 Å². The number of nitrogens with one attached hydrogen (secondary N) is 1. The number of ether oxygens (including phenoxy) is 2. The molecule has 7 nitrogen and oxygen atoms in total. The van der Waals surface area contributed by atoms with Crippen LogP contribution in [0.5, 0.6) is 5.75 Å². The van der Waals surface area contributed by atoms with E-state index in [0.717, 1.165) is 10.7 Å². The summed E-state index contributed by atoms with van der Waals surface area (Å²) in [5.74, 6) is -0.258. The number of hydrogen-bond donors (Lipinski definition) is 1. The van der Waals surface area contributed by atoms with Crippen molar-refractivity contribution in [3.8, 4) is 16.5 Å². The second kappa shape index (κ2) is 6.93. The van der Waals surface area contributed by atoms with Crippen molar-refractivity contribution in [1.29, 1.82) is 0 Å². The van der Waals surface area contributed by atoms with Gasteiger partial charge in [-0.1, -0.05) is 6.07 Å². The standard InChI is InChI=1S/C18H13N3O4S/c22-16-9-24-15-7-11(4-5-13(15)21-16)18(23)25-8-12-10-26-17(20-12)14-3-1-2-6-19-14/h1-7,10H,8-9H2,(H,21,22). The second-order valence-corrected chi connectivity index (χ2v) is 6.34. The maximum Gasteiger partial charge on any atom is 0.338 e. The number of thiazole rings is 1. The van der Waals surface area contributed by atoms with Crippen molar-refractivity contribution in [3.63, 3.8) is 0 Å². The maximum atomic E-state index is 12.2. The summed E-state index contributed by atoms with van der Waals surface area (Å²) >= 11 is 1.44. The highest BCUT2D eigenvalue weighted by atomic mass is 32.1. The fourth-order valence-electron chi connectivity index (χ4n) is 2.40. The largest absolute Gasteiger partial charge is 0.482 e. The van der Waals surface area contributed by atoms with Gasteiger partial charge in [-0.3, -0.25) is 9.78 Å². The fourth-order valence-corrected chi connectivity index (χ4v) is 3.18. The molecule has 0 saturated heterocycles. The lowest BCUT2D eigenvalue weighted by Gasteiger charge is -2.18. The molecule has 0 saturated carbocycles. The van der Waals surface area contributed by atoms with Crippen molar-refractivity contribution in [2.75, 3.05) is 11.9 Å². The van der Waals surface area contributed by atoms with Gasteiger partial charge in [-0.25, -0.2) is 9.78 Å². The lowest BCUT2D eigenvalue weighted by molar-refractivity contribution is -0.118. The molecule has 0 unspecified atom stereocenters. The number of fused-ring (bicyclic) bond motifs is 1. The first-order chi connectivity index (χ1) is 12.7. The minimum atomic E-state index is -0.485. The molecule has 130 valence electrons. The van der Waals surface area contributed by atoms with Crippen molar-refractivity contribution >= 4 is 28.9 Å². The van der Waals surface area contributed by atoms with Crippen LogP contribution in [0.25, 0.3) is 10.7 Å². The number of nitrogens with zero attached hydrogens (tertiary/aromatic N) is 2. The third kappa shape index (κ3) is 3.40. The number of anilines is 1. The first-order valence-corrected chi connectivity index (χ1v) is 8.66. The van der Waals surface area contributed by atoms with Crippen LogP contribution in [-0.4, -0.2) is 28.5 Å². The van der Waals surface area contributed by atoms with E-state index in [1.165, 1.54) is 11.3 Å². The molecule has 1 amide bonds. The molecule has 1 aliphatic heterocycles. The van der Waals surface area contributed by atoms with Crippen LogP contribution in [0.2, 0.25) is 0 Å². The van der Waals surface area contributed by atoms with E-state index >= 15 is 0 Å². The lowest BCUT2D eigenvalue weighted by Crippen LogP contribution is -2.25. The third-order valence-electron chi connectivity index (χ3n) is 3.64. The van der Waals surface area contributed by atoms with Gasteiger partial charge < -0.3 is 14.8 Å². The first kappa shape index (κ1) is 16.2. The van der Waals surface area contributed by atoms with Crippen LogP contribution in [0.15, 0.2) is 48.0 Å². The van der Waals surface area contributed by atoms with Gasteiger partial charge in [-0.15, -0.1) is 11.3 Å². The van der Waals surface area contributed by atoms with Crippen LogP contribution in [0.3, 0.4) is 0 Å². The molecular formula is C18H13N3O4S. The van der Waals surface area contributed by atoms with Gasteiger partial charge in [-0.05, 0) is 30.3 Å². The highest BCUT2D eigenvalue weighted by Crippen LogP contribution is 2.29. The highest BCUT2D eigenvalue weighted by molar-refractivity contribution is 7.13. The van der Waals surface area contributed by atoms with E-state index < -0.39 is 5.97 Å². The smallest absolute Gasteiger partial charge is 0.338 e. The number of hydrogen-bond acceptors (Lipinski definition) is 7. The molecule has 1 aliphatic rings. The van der Waals surface area contributed by atoms with E-state index in [4.69, 9.17) is 9.47 Å². The van der Waals surface area contributed by atoms with E-state index in [1.807, 2.05) is 23.6 Å². The summed E-state index contributed by atoms with van der Waals surface area (Å²) in [5, 5.41) is 5.28. The predicted octanol–water partition coefficient (Wildman–Crippen LogP) is 2.89. The molecule has 0 bridgehead atoms. The Kier molecular flexibility index (Phi) is 4.32. The molecule has 0 radical (unpaired) electrons. The number of amides is 1. The minimum absolute atomic E-state index is 0.0663. The summed E-state index contributed by atoms with van der Waals surface area (Å²) in [5.41, 5.74) is 2.33. The second-order valence-electron chi connectivity index (χ2n) is 5.48. The third-order valence-corrected chi connectivity index (χ3v) is 4.55. The summed E-state index contributed by atoms with van der Waals surface area (Å²) in [7, 11) is 0. The number of benzene rings is 1. The number of aromatic nitrogens is 2. The van der Waals surface area contributed by atoms with Crippen molar-refractivity contribution < 1.29 is 19.1 Å². The van der Waals surface area contributed by atoms with Gasteiger partial charge >= 0.3 is 5.97 Å². The molecule has 1 aromatic carbocycles. The van der Waals surface area contributed by atoms with Gasteiger partial charge in [-0.2, -0.15) is 0 Å². The Morgan fingerprint density at radius 2 is 2.23 bits per heavy atom. The van der Waals surface area contributed by atoms with Gasteiger partial charge in [0.1, 0.15) is 17.4 Å². The van der Waals surface area contributed by atoms with Gasteiger partial charge in [0.25, 0.3) is 5.91 Å². The molecule has 2 aromatic heterocycles. The topological polar surface area (TPSA) is 90.4 Å². The molecule has 4 rings (SSSR count). The summed E-state index contributed by atoms with van der Waals surface area (Å²) < 4.78 is 10.6. The molecule has 0 atom stereocenters. The summed E-state index contributed by atoms with van der Waals surface area (Å²) in [4.78, 5) is 32.2. The number of rotatable bonds is 4. The van der Waals surface area contributed by atoms with Crippen LogP contribution >= 0.6 is 11.3 Å². The SMILES string of the molecule is O=C1COc2cc(C(=O)OCc3csc(-c4ccccn4)n3)ccc2N1. The van der Waals surface area contributed by atoms with Crippen LogP contribution in [0.1, 0.15) is 16.1 Å². The average Bonchev–Trinajstić information content (AvgIpc) is 3.15. The number of carbonyl (C=O) groups excluding carboxylic acids is 2. The Hall–Kier alpha value is -3.26. The van der Waals surface area contributed by atoms with E-state index in [1.54, 1.807) is 24.4 Å². The van der Waals surface area contributed by atoms with Crippen molar-refractivity contribution in [2.24, 2.45) is 0 Å². The van der Waals surface area contributed by atoms with Crippen LogP contribution < -0.4 is 10.1 Å². The molecular weight excluding hydrogens is 354 g/mol. The molecule has 1 N–H and O–H groups in total. The Balaban J connectivity index is 1.42. The van der Waals surface area contributed by atoms with Gasteiger partial charge in [0.05, 0.1) is 22.6 Å². The van der Waals surface area contributed by atoms with Crippen molar-refractivity contribution in [3.05, 3.63) is 59.2 Å². The molecule has 3 aromatic rings. The summed E-state index contributed by atoms with van der Waals surface area (Å²) in [6.07, 6.45) is 1.71. The molecule has 26 heavy (non-hydrogen) atoms. The molecule has 0 fully saturated rings. The van der Waals surface area contributed by atoms with E-state index in [0.29, 0.717) is 22.7 Å². The zero-order valence-corrected chi connectivity index (χ0v) is 14.3. The Morgan fingerprint density at radius 3 is 3.08 bits per heavy atom. The summed E-state index contributed by atoms with van der Waals surface area (Å²) in [6, 6.07) is 10.4. The predicted molar refractivity (Wildman–Crippen MR) is 95.0 cm³/mol. The van der Waals surface area contributed by atoms with E-state index in [2.05, 4.69) is 15.3 Å². The lowest BCUT2D eigenvalue weighted by atomic mass is 10.1. The Morgan fingerprint density at radius 1 is 1.31 bits per heavy atom. The maximum absolute atomic E-state index is 12.2. The van der Waals surface area contributed by atoms with E-state index in [9.17, 15) is 9.59 Å². The van der Waals surface area contributed by atoms with Gasteiger partial charge in [0.2, 0.25) is 0 Å². The zero-order chi connectivity index (χ0) is 17.9. The van der Waals surface area contributed by atoms with Crippen LogP contribution in [-0.2, 0) is 16.1 Å². The highest BCUT2D eigenvalue weighted by Gasteiger charge is 2.18. The fraction of sp³-hybridized carbons (Fsp3) is 0.111. The molecule has 3 heterocycles. The quantitative estimate of drug-likeness (QED) is 0.713. The number of pyridine rings is 1. The van der Waals surface area contributed by atoms with E-state index in [-0.39, 0.29) is 19.1 Å². The molecule has 0 aliphatic carbocycles.